The van der Waals surface area contributed by atoms with Crippen molar-refractivity contribution in [2.75, 3.05) is 0 Å². The molecule has 0 amide bonds. The van der Waals surface area contributed by atoms with Gasteiger partial charge in [-0.1, -0.05) is 53.4 Å². The second-order valence-electron chi connectivity index (χ2n) is 6.24. The van der Waals surface area contributed by atoms with Crippen LogP contribution in [0.5, 0.6) is 0 Å². The minimum absolute atomic E-state index is 0.768. The topological polar surface area (TPSA) is 0 Å². The third kappa shape index (κ3) is 3.81. The van der Waals surface area contributed by atoms with Gasteiger partial charge in [0.25, 0.3) is 0 Å². The van der Waals surface area contributed by atoms with Crippen LogP contribution in [0, 0.1) is 17.3 Å². The Morgan fingerprint density at radius 1 is 1.13 bits per heavy atom. The highest BCUT2D eigenvalue weighted by atomic mass is 14.5. The van der Waals surface area contributed by atoms with Gasteiger partial charge in [-0.2, -0.15) is 0 Å². The van der Waals surface area contributed by atoms with E-state index in [1.165, 1.54) is 51.4 Å². The van der Waals surface area contributed by atoms with E-state index in [9.17, 15) is 0 Å². The minimum Gasteiger partial charge on any atom is -0.0654 e. The van der Waals surface area contributed by atoms with E-state index in [4.69, 9.17) is 0 Å². The van der Waals surface area contributed by atoms with Crippen LogP contribution in [0.4, 0.5) is 0 Å². The first-order chi connectivity index (χ1) is 7.12. The van der Waals surface area contributed by atoms with Crippen LogP contribution in [0.1, 0.15) is 79.1 Å². The summed E-state index contributed by atoms with van der Waals surface area (Å²) in [6.45, 7) is 9.45. The molecule has 0 aromatic carbocycles. The summed E-state index contributed by atoms with van der Waals surface area (Å²) in [6, 6.07) is 0. The molecule has 1 saturated carbocycles. The van der Waals surface area contributed by atoms with E-state index in [-0.39, 0.29) is 0 Å². The molecule has 1 rings (SSSR count). The quantitative estimate of drug-likeness (QED) is 0.492. The van der Waals surface area contributed by atoms with Crippen molar-refractivity contribution in [1.29, 1.82) is 0 Å². The zero-order chi connectivity index (χ0) is 11.3. The molecule has 1 fully saturated rings. The third-order valence-electron chi connectivity index (χ3n) is 4.17. The maximum Gasteiger partial charge on any atom is -0.0290 e. The predicted octanol–water partition coefficient (Wildman–Crippen LogP) is 5.42. The van der Waals surface area contributed by atoms with Crippen LogP contribution in [0.25, 0.3) is 0 Å². The highest BCUT2D eigenvalue weighted by molar-refractivity contribution is 4.93. The third-order valence-corrected chi connectivity index (χ3v) is 4.17. The average molecular weight is 210 g/mol. The van der Waals surface area contributed by atoms with Gasteiger partial charge in [-0.25, -0.2) is 0 Å². The fourth-order valence-electron chi connectivity index (χ4n) is 3.54. The molecule has 0 bridgehead atoms. The van der Waals surface area contributed by atoms with Crippen molar-refractivity contribution in [2.45, 2.75) is 79.1 Å². The Balaban J connectivity index is 2.34. The van der Waals surface area contributed by atoms with Crippen LogP contribution in [0.2, 0.25) is 0 Å². The molecule has 0 N–H and O–H groups in total. The molecule has 0 heteroatoms. The minimum atomic E-state index is 0.768. The maximum absolute atomic E-state index is 2.39. The first-order valence-electron chi connectivity index (χ1n) is 7.12. The average Bonchev–Trinajstić information content (AvgIpc) is 2.12. The van der Waals surface area contributed by atoms with Gasteiger partial charge in [-0.3, -0.25) is 0 Å². The number of unbranched alkanes of at least 4 members (excludes halogenated alkanes) is 2. The largest absolute Gasteiger partial charge is 0.0654 e. The lowest BCUT2D eigenvalue weighted by molar-refractivity contribution is 0.0183. The Bertz CT molecular complexity index is 163. The molecule has 0 atom stereocenters. The molecule has 0 aromatic heterocycles. The molecule has 0 saturated heterocycles. The van der Waals surface area contributed by atoms with Crippen LogP contribution >= 0.6 is 0 Å². The molecule has 0 nitrogen and oxygen atoms in total. The predicted molar refractivity (Wildman–Crippen MR) is 69.0 cm³/mol. The normalized spacial score (nSPS) is 30.6. The monoisotopic (exact) mass is 210 g/mol. The molecular formula is C15H30. The number of hydrogen-bond acceptors (Lipinski definition) is 0. The zero-order valence-electron chi connectivity index (χ0n) is 11.3. The van der Waals surface area contributed by atoms with Crippen LogP contribution in [-0.4, -0.2) is 0 Å². The molecule has 15 heavy (non-hydrogen) atoms. The van der Waals surface area contributed by atoms with E-state index in [1.807, 2.05) is 0 Å². The van der Waals surface area contributed by atoms with Gasteiger partial charge < -0.3 is 0 Å². The van der Waals surface area contributed by atoms with Crippen LogP contribution < -0.4 is 0 Å². The lowest BCUT2D eigenvalue weighted by atomic mass is 9.56. The van der Waals surface area contributed by atoms with Crippen molar-refractivity contribution in [3.63, 3.8) is 0 Å². The molecule has 0 unspecified atom stereocenters. The number of rotatable bonds is 7. The summed E-state index contributed by atoms with van der Waals surface area (Å²) < 4.78 is 0. The van der Waals surface area contributed by atoms with E-state index < -0.39 is 0 Å². The smallest absolute Gasteiger partial charge is 0.0290 e. The summed E-state index contributed by atoms with van der Waals surface area (Å²) >= 11 is 0. The number of hydrogen-bond donors (Lipinski definition) is 0. The summed E-state index contributed by atoms with van der Waals surface area (Å²) in [6.07, 6.45) is 11.7. The Morgan fingerprint density at radius 3 is 2.27 bits per heavy atom. The first kappa shape index (κ1) is 13.1. The van der Waals surface area contributed by atoms with Crippen molar-refractivity contribution in [1.82, 2.24) is 0 Å². The van der Waals surface area contributed by atoms with E-state index in [0.717, 1.165) is 17.3 Å². The molecule has 0 aromatic rings. The summed E-state index contributed by atoms with van der Waals surface area (Å²) in [4.78, 5) is 0. The SMILES string of the molecule is CCCCCC1(CC(C)C)CC(CC)C1. The first-order valence-corrected chi connectivity index (χ1v) is 7.12. The van der Waals surface area contributed by atoms with Crippen LogP contribution in [0.15, 0.2) is 0 Å². The Hall–Kier alpha value is 0. The van der Waals surface area contributed by atoms with Crippen molar-refractivity contribution in [3.05, 3.63) is 0 Å². The van der Waals surface area contributed by atoms with Crippen molar-refractivity contribution >= 4 is 0 Å². The van der Waals surface area contributed by atoms with E-state index >= 15 is 0 Å². The summed E-state index contributed by atoms with van der Waals surface area (Å²) in [5, 5.41) is 0. The fraction of sp³-hybridized carbons (Fsp3) is 1.00. The van der Waals surface area contributed by atoms with Gasteiger partial charge in [0.05, 0.1) is 0 Å². The lowest BCUT2D eigenvalue weighted by Crippen LogP contribution is -2.38. The summed E-state index contributed by atoms with van der Waals surface area (Å²) in [5.41, 5.74) is 0.768. The van der Waals surface area contributed by atoms with E-state index in [0.29, 0.717) is 0 Å². The van der Waals surface area contributed by atoms with Gasteiger partial charge in [0.2, 0.25) is 0 Å². The van der Waals surface area contributed by atoms with Crippen LogP contribution in [-0.2, 0) is 0 Å². The summed E-state index contributed by atoms with van der Waals surface area (Å²) in [7, 11) is 0. The van der Waals surface area contributed by atoms with Crippen molar-refractivity contribution < 1.29 is 0 Å². The highest BCUT2D eigenvalue weighted by Crippen LogP contribution is 2.54. The highest BCUT2D eigenvalue weighted by Gasteiger charge is 2.42. The zero-order valence-corrected chi connectivity index (χ0v) is 11.3. The van der Waals surface area contributed by atoms with Gasteiger partial charge in [0, 0.05) is 0 Å². The van der Waals surface area contributed by atoms with Crippen molar-refractivity contribution in [2.24, 2.45) is 17.3 Å². The second kappa shape index (κ2) is 5.92. The summed E-state index contributed by atoms with van der Waals surface area (Å²) in [5.74, 6) is 1.95. The molecule has 0 radical (unpaired) electrons. The van der Waals surface area contributed by atoms with Gasteiger partial charge in [0.1, 0.15) is 0 Å². The van der Waals surface area contributed by atoms with E-state index in [2.05, 4.69) is 27.7 Å². The Labute approximate surface area is 96.8 Å². The molecular weight excluding hydrogens is 180 g/mol. The Morgan fingerprint density at radius 2 is 1.80 bits per heavy atom. The van der Waals surface area contributed by atoms with Crippen LogP contribution in [0.3, 0.4) is 0 Å². The van der Waals surface area contributed by atoms with E-state index in [1.54, 1.807) is 0 Å². The van der Waals surface area contributed by atoms with Gasteiger partial charge in [-0.05, 0) is 42.9 Å². The lowest BCUT2D eigenvalue weighted by Gasteiger charge is -2.49. The fourth-order valence-corrected chi connectivity index (χ4v) is 3.54. The molecule has 90 valence electrons. The second-order valence-corrected chi connectivity index (χ2v) is 6.24. The molecule has 1 aliphatic rings. The van der Waals surface area contributed by atoms with Crippen molar-refractivity contribution in [3.8, 4) is 0 Å². The van der Waals surface area contributed by atoms with Gasteiger partial charge in [-0.15, -0.1) is 0 Å². The van der Waals surface area contributed by atoms with Gasteiger partial charge >= 0.3 is 0 Å². The molecule has 0 spiro atoms. The standard InChI is InChI=1S/C15H30/c1-5-7-8-9-15(10-13(3)4)11-14(6-2)12-15/h13-14H,5-12H2,1-4H3. The maximum atomic E-state index is 2.39. The van der Waals surface area contributed by atoms with Gasteiger partial charge in [0.15, 0.2) is 0 Å². The molecule has 1 aliphatic carbocycles. The molecule has 0 heterocycles. The Kier molecular flexibility index (Phi) is 5.15. The molecule has 0 aliphatic heterocycles.